The number of carbonyl (C=O) groups excluding carboxylic acids is 2. The summed E-state index contributed by atoms with van der Waals surface area (Å²) >= 11 is 0. The van der Waals surface area contributed by atoms with E-state index < -0.39 is 16.9 Å². The highest BCUT2D eigenvalue weighted by atomic mass is 16.6. The molecule has 114 valence electrons. The van der Waals surface area contributed by atoms with Crippen LogP contribution < -0.4 is 5.32 Å². The lowest BCUT2D eigenvalue weighted by Crippen LogP contribution is -2.46. The summed E-state index contributed by atoms with van der Waals surface area (Å²) in [6.07, 6.45) is 0. The van der Waals surface area contributed by atoms with Gasteiger partial charge in [0.2, 0.25) is 5.91 Å². The van der Waals surface area contributed by atoms with Crippen molar-refractivity contribution in [3.63, 3.8) is 0 Å². The molecule has 0 saturated carbocycles. The van der Waals surface area contributed by atoms with Crippen molar-refractivity contribution in [3.05, 3.63) is 39.9 Å². The van der Waals surface area contributed by atoms with Crippen LogP contribution >= 0.6 is 0 Å². The zero-order valence-corrected chi connectivity index (χ0v) is 12.3. The van der Waals surface area contributed by atoms with Gasteiger partial charge in [-0.2, -0.15) is 0 Å². The van der Waals surface area contributed by atoms with Crippen molar-refractivity contribution < 1.29 is 14.5 Å². The van der Waals surface area contributed by atoms with Crippen LogP contribution in [0.4, 0.5) is 5.69 Å². The highest BCUT2D eigenvalue weighted by Crippen LogP contribution is 2.13. The summed E-state index contributed by atoms with van der Waals surface area (Å²) in [6, 6.07) is 4.71. The Balaban J connectivity index is 2.79. The molecule has 0 aliphatic carbocycles. The number of nitrogens with zero attached hydrogens (tertiary/aromatic N) is 2. The van der Waals surface area contributed by atoms with E-state index in [-0.39, 0.29) is 17.2 Å². The Hall–Kier alpha value is -2.44. The molecule has 0 aliphatic heterocycles. The van der Waals surface area contributed by atoms with E-state index in [0.717, 1.165) is 0 Å². The molecule has 0 aromatic heterocycles. The Kier molecular flexibility index (Phi) is 5.83. The molecule has 0 bridgehead atoms. The fourth-order valence-electron chi connectivity index (χ4n) is 1.91. The zero-order chi connectivity index (χ0) is 16.0. The number of benzene rings is 1. The third-order valence-corrected chi connectivity index (χ3v) is 3.11. The number of non-ortho nitro benzene ring substituents is 1. The van der Waals surface area contributed by atoms with Gasteiger partial charge in [0.25, 0.3) is 11.6 Å². The maximum atomic E-state index is 12.1. The summed E-state index contributed by atoms with van der Waals surface area (Å²) in [7, 11) is 0. The summed E-state index contributed by atoms with van der Waals surface area (Å²) in [5, 5.41) is 13.2. The second kappa shape index (κ2) is 7.37. The quantitative estimate of drug-likeness (QED) is 0.636. The van der Waals surface area contributed by atoms with E-state index in [1.54, 1.807) is 11.8 Å². The van der Waals surface area contributed by atoms with Crippen molar-refractivity contribution >= 4 is 17.5 Å². The fourth-order valence-corrected chi connectivity index (χ4v) is 1.91. The average molecular weight is 293 g/mol. The molecule has 1 atom stereocenters. The average Bonchev–Trinajstić information content (AvgIpc) is 2.48. The maximum Gasteiger partial charge on any atom is 0.270 e. The summed E-state index contributed by atoms with van der Waals surface area (Å²) in [6.45, 7) is 6.43. The predicted octanol–water partition coefficient (Wildman–Crippen LogP) is 1.58. The summed E-state index contributed by atoms with van der Waals surface area (Å²) in [5.41, 5.74) is -0.00577. The molecule has 1 rings (SSSR count). The molecule has 0 aliphatic rings. The van der Waals surface area contributed by atoms with Crippen LogP contribution in [0.25, 0.3) is 0 Å². The Bertz CT molecular complexity index is 541. The minimum atomic E-state index is -0.684. The molecule has 2 amide bonds. The SMILES string of the molecule is CCN(CC)C(=O)C(C)NC(=O)c1cccc([N+](=O)[O-])c1. The van der Waals surface area contributed by atoms with Crippen LogP contribution in [0, 0.1) is 10.1 Å². The summed E-state index contributed by atoms with van der Waals surface area (Å²) < 4.78 is 0. The molecule has 0 spiro atoms. The molecule has 0 fully saturated rings. The van der Waals surface area contributed by atoms with E-state index in [0.29, 0.717) is 13.1 Å². The third-order valence-electron chi connectivity index (χ3n) is 3.11. The van der Waals surface area contributed by atoms with Crippen molar-refractivity contribution in [2.75, 3.05) is 13.1 Å². The first-order valence-electron chi connectivity index (χ1n) is 6.74. The lowest BCUT2D eigenvalue weighted by molar-refractivity contribution is -0.384. The minimum Gasteiger partial charge on any atom is -0.341 e. The molecule has 1 aromatic carbocycles. The van der Waals surface area contributed by atoms with Crippen molar-refractivity contribution in [2.45, 2.75) is 26.8 Å². The fraction of sp³-hybridized carbons (Fsp3) is 0.429. The van der Waals surface area contributed by atoms with Gasteiger partial charge < -0.3 is 10.2 Å². The van der Waals surface area contributed by atoms with Crippen LogP contribution in [0.5, 0.6) is 0 Å². The standard InChI is InChI=1S/C14H19N3O4/c1-4-16(5-2)14(19)10(3)15-13(18)11-7-6-8-12(9-11)17(20)21/h6-10H,4-5H2,1-3H3,(H,15,18). The van der Waals surface area contributed by atoms with Crippen molar-refractivity contribution in [1.82, 2.24) is 10.2 Å². The second-order valence-corrected chi connectivity index (χ2v) is 4.51. The van der Waals surface area contributed by atoms with Crippen LogP contribution in [-0.4, -0.2) is 40.8 Å². The van der Waals surface area contributed by atoms with E-state index in [9.17, 15) is 19.7 Å². The molecular weight excluding hydrogens is 274 g/mol. The number of nitro benzene ring substituents is 1. The molecule has 7 nitrogen and oxygen atoms in total. The van der Waals surface area contributed by atoms with Gasteiger partial charge in [-0.3, -0.25) is 19.7 Å². The second-order valence-electron chi connectivity index (χ2n) is 4.51. The number of nitrogens with one attached hydrogen (secondary N) is 1. The molecule has 21 heavy (non-hydrogen) atoms. The Morgan fingerprint density at radius 3 is 2.48 bits per heavy atom. The maximum absolute atomic E-state index is 12.1. The van der Waals surface area contributed by atoms with Gasteiger partial charge in [-0.25, -0.2) is 0 Å². The topological polar surface area (TPSA) is 92.6 Å². The van der Waals surface area contributed by atoms with Crippen LogP contribution in [0.15, 0.2) is 24.3 Å². The first-order chi connectivity index (χ1) is 9.90. The summed E-state index contributed by atoms with van der Waals surface area (Å²) in [4.78, 5) is 35.8. The van der Waals surface area contributed by atoms with Crippen molar-refractivity contribution in [2.24, 2.45) is 0 Å². The van der Waals surface area contributed by atoms with Gasteiger partial charge in [-0.05, 0) is 26.8 Å². The minimum absolute atomic E-state index is 0.156. The molecule has 7 heteroatoms. The van der Waals surface area contributed by atoms with Gasteiger partial charge in [-0.15, -0.1) is 0 Å². The Morgan fingerprint density at radius 1 is 1.33 bits per heavy atom. The lowest BCUT2D eigenvalue weighted by atomic mass is 10.1. The third kappa shape index (κ3) is 4.27. The number of amides is 2. The molecule has 1 unspecified atom stereocenters. The lowest BCUT2D eigenvalue weighted by Gasteiger charge is -2.23. The first kappa shape index (κ1) is 16.6. The Morgan fingerprint density at radius 2 is 1.95 bits per heavy atom. The molecule has 0 heterocycles. The number of hydrogen-bond acceptors (Lipinski definition) is 4. The van der Waals surface area contributed by atoms with Crippen LogP contribution in [0.1, 0.15) is 31.1 Å². The van der Waals surface area contributed by atoms with E-state index >= 15 is 0 Å². The monoisotopic (exact) mass is 293 g/mol. The van der Waals surface area contributed by atoms with Crippen LogP contribution in [-0.2, 0) is 4.79 Å². The molecular formula is C14H19N3O4. The van der Waals surface area contributed by atoms with Gasteiger partial charge in [-0.1, -0.05) is 6.07 Å². The zero-order valence-electron chi connectivity index (χ0n) is 12.3. The normalized spacial score (nSPS) is 11.6. The van der Waals surface area contributed by atoms with Crippen molar-refractivity contribution in [1.29, 1.82) is 0 Å². The predicted molar refractivity (Wildman–Crippen MR) is 78.0 cm³/mol. The van der Waals surface area contributed by atoms with E-state index in [1.165, 1.54) is 24.3 Å². The Labute approximate surface area is 123 Å². The summed E-state index contributed by atoms with van der Waals surface area (Å²) in [5.74, 6) is -0.689. The number of hydrogen-bond donors (Lipinski definition) is 1. The number of likely N-dealkylation sites (N-methyl/N-ethyl adjacent to an activating group) is 1. The first-order valence-corrected chi connectivity index (χ1v) is 6.74. The van der Waals surface area contributed by atoms with Gasteiger partial charge in [0, 0.05) is 30.8 Å². The largest absolute Gasteiger partial charge is 0.341 e. The van der Waals surface area contributed by atoms with E-state index in [2.05, 4.69) is 5.32 Å². The van der Waals surface area contributed by atoms with Gasteiger partial charge in [0.15, 0.2) is 0 Å². The van der Waals surface area contributed by atoms with Crippen LogP contribution in [0.2, 0.25) is 0 Å². The number of rotatable bonds is 6. The highest BCUT2D eigenvalue weighted by molar-refractivity contribution is 5.97. The van der Waals surface area contributed by atoms with Crippen LogP contribution in [0.3, 0.4) is 0 Å². The van der Waals surface area contributed by atoms with Crippen molar-refractivity contribution in [3.8, 4) is 0 Å². The van der Waals surface area contributed by atoms with Gasteiger partial charge in [0.1, 0.15) is 6.04 Å². The van der Waals surface area contributed by atoms with Gasteiger partial charge in [0.05, 0.1) is 4.92 Å². The van der Waals surface area contributed by atoms with E-state index in [1.807, 2.05) is 13.8 Å². The molecule has 0 saturated heterocycles. The van der Waals surface area contributed by atoms with E-state index in [4.69, 9.17) is 0 Å². The number of carbonyl (C=O) groups is 2. The molecule has 0 radical (unpaired) electrons. The number of nitro groups is 1. The smallest absolute Gasteiger partial charge is 0.270 e. The molecule has 1 N–H and O–H groups in total. The highest BCUT2D eigenvalue weighted by Gasteiger charge is 2.21. The molecule has 1 aromatic rings. The van der Waals surface area contributed by atoms with Gasteiger partial charge >= 0.3 is 0 Å².